The van der Waals surface area contributed by atoms with Gasteiger partial charge in [-0.25, -0.2) is 0 Å². The van der Waals surface area contributed by atoms with Crippen LogP contribution in [0.3, 0.4) is 0 Å². The van der Waals surface area contributed by atoms with Crippen molar-refractivity contribution >= 4 is 11.8 Å². The molecule has 1 saturated heterocycles. The highest BCUT2D eigenvalue weighted by Crippen LogP contribution is 2.35. The van der Waals surface area contributed by atoms with E-state index in [4.69, 9.17) is 4.74 Å². The zero-order valence-electron chi connectivity index (χ0n) is 12.8. The van der Waals surface area contributed by atoms with E-state index in [1.54, 1.807) is 12.0 Å². The monoisotopic (exact) mass is 282 g/mol. The quantitative estimate of drug-likeness (QED) is 0.774. The Hall–Kier alpha value is -1.10. The zero-order valence-corrected chi connectivity index (χ0v) is 12.8. The van der Waals surface area contributed by atoms with Crippen molar-refractivity contribution in [3.8, 4) is 0 Å². The minimum absolute atomic E-state index is 0.0129. The molecule has 114 valence electrons. The van der Waals surface area contributed by atoms with Gasteiger partial charge in [0.05, 0.1) is 0 Å². The van der Waals surface area contributed by atoms with Crippen LogP contribution < -0.4 is 5.32 Å². The first-order valence-corrected chi connectivity index (χ1v) is 7.64. The number of piperazine rings is 1. The summed E-state index contributed by atoms with van der Waals surface area (Å²) in [6, 6.07) is -0.342. The lowest BCUT2D eigenvalue weighted by atomic mass is 9.87. The van der Waals surface area contributed by atoms with E-state index < -0.39 is 5.54 Å². The van der Waals surface area contributed by atoms with Crippen LogP contribution in [-0.2, 0) is 14.3 Å². The molecule has 2 aliphatic rings. The average Bonchev–Trinajstić information content (AvgIpc) is 2.84. The lowest BCUT2D eigenvalue weighted by Crippen LogP contribution is -2.70. The van der Waals surface area contributed by atoms with Crippen LogP contribution >= 0.6 is 0 Å². The molecule has 2 amide bonds. The van der Waals surface area contributed by atoms with E-state index in [0.717, 1.165) is 32.1 Å². The van der Waals surface area contributed by atoms with Crippen LogP contribution in [0.4, 0.5) is 0 Å². The van der Waals surface area contributed by atoms with Crippen LogP contribution in [0.5, 0.6) is 0 Å². The molecule has 5 nitrogen and oxygen atoms in total. The third-order valence-corrected chi connectivity index (χ3v) is 4.47. The van der Waals surface area contributed by atoms with Crippen molar-refractivity contribution in [2.75, 3.05) is 20.3 Å². The Morgan fingerprint density at radius 3 is 2.55 bits per heavy atom. The summed E-state index contributed by atoms with van der Waals surface area (Å²) in [5, 5.41) is 3.03. The van der Waals surface area contributed by atoms with Gasteiger partial charge in [0.2, 0.25) is 11.8 Å². The summed E-state index contributed by atoms with van der Waals surface area (Å²) < 4.78 is 5.07. The molecule has 0 aromatic carbocycles. The van der Waals surface area contributed by atoms with Crippen LogP contribution in [0, 0.1) is 5.92 Å². The summed E-state index contributed by atoms with van der Waals surface area (Å²) in [5.41, 5.74) is -0.616. The molecule has 2 fully saturated rings. The number of hydrogen-bond acceptors (Lipinski definition) is 3. The first kappa shape index (κ1) is 15.3. The van der Waals surface area contributed by atoms with E-state index in [1.807, 2.05) is 13.8 Å². The number of carbonyl (C=O) groups excluding carboxylic acids is 2. The lowest BCUT2D eigenvalue weighted by Gasteiger charge is -2.46. The minimum atomic E-state index is -0.616. The summed E-state index contributed by atoms with van der Waals surface area (Å²) in [6.45, 7) is 5.20. The predicted molar refractivity (Wildman–Crippen MR) is 76.2 cm³/mol. The fraction of sp³-hybridized carbons (Fsp3) is 0.867. The van der Waals surface area contributed by atoms with Gasteiger partial charge in [-0.05, 0) is 25.2 Å². The number of amides is 2. The van der Waals surface area contributed by atoms with Crippen molar-refractivity contribution in [1.29, 1.82) is 0 Å². The molecular formula is C15H26N2O3. The molecular weight excluding hydrogens is 256 g/mol. The average molecular weight is 282 g/mol. The number of ether oxygens (including phenoxy) is 1. The number of hydrogen-bond donors (Lipinski definition) is 1. The highest BCUT2D eigenvalue weighted by Gasteiger charge is 2.52. The van der Waals surface area contributed by atoms with Crippen LogP contribution in [0.1, 0.15) is 46.0 Å². The van der Waals surface area contributed by atoms with Crippen LogP contribution in [-0.4, -0.2) is 48.6 Å². The Balaban J connectivity index is 2.19. The summed E-state index contributed by atoms with van der Waals surface area (Å²) in [7, 11) is 1.66. The topological polar surface area (TPSA) is 58.6 Å². The number of nitrogens with zero attached hydrogens (tertiary/aromatic N) is 1. The first-order valence-electron chi connectivity index (χ1n) is 7.64. The SMILES string of the molecule is COCCCN1C(=O)C2(CCCC2)NC(=O)C1C(C)C. The molecule has 1 aliphatic carbocycles. The standard InChI is InChI=1S/C15H26N2O3/c1-11(2)12-13(18)16-15(7-4-5-8-15)14(19)17(12)9-6-10-20-3/h11-12H,4-10H2,1-3H3,(H,16,18). The van der Waals surface area contributed by atoms with E-state index in [2.05, 4.69) is 5.32 Å². The summed E-state index contributed by atoms with van der Waals surface area (Å²) in [6.07, 6.45) is 4.37. The molecule has 1 unspecified atom stereocenters. The first-order chi connectivity index (χ1) is 9.52. The van der Waals surface area contributed by atoms with Crippen molar-refractivity contribution in [2.24, 2.45) is 5.92 Å². The van der Waals surface area contributed by atoms with Gasteiger partial charge in [0, 0.05) is 20.3 Å². The van der Waals surface area contributed by atoms with Gasteiger partial charge in [-0.15, -0.1) is 0 Å². The number of carbonyl (C=O) groups is 2. The maximum Gasteiger partial charge on any atom is 0.249 e. The van der Waals surface area contributed by atoms with Gasteiger partial charge < -0.3 is 15.0 Å². The van der Waals surface area contributed by atoms with Gasteiger partial charge >= 0.3 is 0 Å². The van der Waals surface area contributed by atoms with E-state index in [0.29, 0.717) is 13.2 Å². The smallest absolute Gasteiger partial charge is 0.249 e. The van der Waals surface area contributed by atoms with Gasteiger partial charge in [-0.3, -0.25) is 9.59 Å². The van der Waals surface area contributed by atoms with Crippen molar-refractivity contribution < 1.29 is 14.3 Å². The fourth-order valence-corrected chi connectivity index (χ4v) is 3.51. The Labute approximate surface area is 121 Å². The van der Waals surface area contributed by atoms with Gasteiger partial charge in [0.1, 0.15) is 11.6 Å². The third-order valence-electron chi connectivity index (χ3n) is 4.47. The highest BCUT2D eigenvalue weighted by molar-refractivity contribution is 6.00. The lowest BCUT2D eigenvalue weighted by molar-refractivity contribution is -0.156. The molecule has 2 rings (SSSR count). The van der Waals surface area contributed by atoms with E-state index in [-0.39, 0.29) is 23.8 Å². The molecule has 1 spiro atoms. The van der Waals surface area contributed by atoms with Crippen LogP contribution in [0.2, 0.25) is 0 Å². The van der Waals surface area contributed by atoms with Crippen molar-refractivity contribution in [1.82, 2.24) is 10.2 Å². The Morgan fingerprint density at radius 1 is 1.35 bits per heavy atom. The Morgan fingerprint density at radius 2 is 2.00 bits per heavy atom. The Bertz CT molecular complexity index is 375. The molecule has 5 heteroatoms. The molecule has 1 aliphatic heterocycles. The minimum Gasteiger partial charge on any atom is -0.385 e. The van der Waals surface area contributed by atoms with E-state index in [9.17, 15) is 9.59 Å². The van der Waals surface area contributed by atoms with E-state index in [1.165, 1.54) is 0 Å². The van der Waals surface area contributed by atoms with Gasteiger partial charge in [0.25, 0.3) is 0 Å². The van der Waals surface area contributed by atoms with Gasteiger partial charge in [-0.1, -0.05) is 26.7 Å². The molecule has 20 heavy (non-hydrogen) atoms. The number of nitrogens with one attached hydrogen (secondary N) is 1. The molecule has 1 saturated carbocycles. The maximum atomic E-state index is 12.9. The Kier molecular flexibility index (Phi) is 4.68. The second-order valence-corrected chi connectivity index (χ2v) is 6.31. The van der Waals surface area contributed by atoms with Crippen LogP contribution in [0.25, 0.3) is 0 Å². The summed E-state index contributed by atoms with van der Waals surface area (Å²) in [4.78, 5) is 27.1. The van der Waals surface area contributed by atoms with Crippen molar-refractivity contribution in [2.45, 2.75) is 57.5 Å². The molecule has 0 aromatic heterocycles. The molecule has 0 aromatic rings. The molecule has 1 N–H and O–H groups in total. The molecule has 1 atom stereocenters. The highest BCUT2D eigenvalue weighted by atomic mass is 16.5. The molecule has 1 heterocycles. The van der Waals surface area contributed by atoms with Gasteiger partial charge in [-0.2, -0.15) is 0 Å². The second-order valence-electron chi connectivity index (χ2n) is 6.31. The normalized spacial score (nSPS) is 25.6. The summed E-state index contributed by atoms with van der Waals surface area (Å²) >= 11 is 0. The molecule has 0 bridgehead atoms. The largest absolute Gasteiger partial charge is 0.385 e. The third kappa shape index (κ3) is 2.68. The fourth-order valence-electron chi connectivity index (χ4n) is 3.51. The van der Waals surface area contributed by atoms with Crippen molar-refractivity contribution in [3.05, 3.63) is 0 Å². The predicted octanol–water partition coefficient (Wildman–Crippen LogP) is 1.32. The van der Waals surface area contributed by atoms with Crippen molar-refractivity contribution in [3.63, 3.8) is 0 Å². The van der Waals surface area contributed by atoms with Crippen LogP contribution in [0.15, 0.2) is 0 Å². The second kappa shape index (κ2) is 6.12. The molecule has 0 radical (unpaired) electrons. The zero-order chi connectivity index (χ0) is 14.8. The number of rotatable bonds is 5. The summed E-state index contributed by atoms with van der Waals surface area (Å²) in [5.74, 6) is 0.253. The number of methoxy groups -OCH3 is 1. The van der Waals surface area contributed by atoms with E-state index >= 15 is 0 Å². The maximum absolute atomic E-state index is 12.9. The van der Waals surface area contributed by atoms with Gasteiger partial charge in [0.15, 0.2) is 0 Å².